The highest BCUT2D eigenvalue weighted by Crippen LogP contribution is 2.62. The van der Waals surface area contributed by atoms with Gasteiger partial charge < -0.3 is 20.1 Å². The fraction of sp³-hybridized carbons (Fsp3) is 0.556. The number of nitrogens with one attached hydrogen (secondary N) is 1. The van der Waals surface area contributed by atoms with Crippen LogP contribution in [0.25, 0.3) is 27.4 Å². The van der Waals surface area contributed by atoms with Crippen molar-refractivity contribution in [2.75, 3.05) is 26.2 Å². The number of H-pyrrole nitrogens is 1. The Morgan fingerprint density at radius 2 is 1.84 bits per heavy atom. The molecule has 3 fully saturated rings. The summed E-state index contributed by atoms with van der Waals surface area (Å²) in [6.07, 6.45) is 18.9. The number of carbonyl (C=O) groups is 1. The fourth-order valence-corrected chi connectivity index (χ4v) is 9.92. The van der Waals surface area contributed by atoms with Gasteiger partial charge in [0.15, 0.2) is 0 Å². The number of phenols is 1. The highest BCUT2D eigenvalue weighted by Gasteiger charge is 2.66. The van der Waals surface area contributed by atoms with E-state index in [9.17, 15) is 15.0 Å². The van der Waals surface area contributed by atoms with E-state index in [0.29, 0.717) is 31.1 Å². The van der Waals surface area contributed by atoms with Crippen molar-refractivity contribution in [3.8, 4) is 5.75 Å². The van der Waals surface area contributed by atoms with Gasteiger partial charge in [-0.15, -0.1) is 0 Å². The molecule has 7 nitrogen and oxygen atoms in total. The maximum absolute atomic E-state index is 13.1. The number of hydrogen-bond acceptors (Lipinski definition) is 6. The monoisotopic (exact) mass is 580 g/mol. The summed E-state index contributed by atoms with van der Waals surface area (Å²) in [5.41, 5.74) is 2.63. The summed E-state index contributed by atoms with van der Waals surface area (Å²) in [5, 5.41) is 25.8. The standard InChI is InChI=1S/C36H44N4O3/c41-25-9-8-19-40-24(12-13-25)21-35-23-39-18-6-4-2-1-3-5-16-36(43,34(35)40)22-28(29(35)15-20-39)32-33-27(14-17-37-32)26-10-7-11-30(42)31(26)38-33/h1,3,7,10-11,14,17,22,24,29,34,38,42-43H,2,4-6,8-9,12-13,15-16,18-21,23H2/b3-1-/t24-,29-,34+,35-,36-/m0/s1. The summed E-state index contributed by atoms with van der Waals surface area (Å²) in [5.74, 6) is 0.898. The first kappa shape index (κ1) is 27.5. The van der Waals surface area contributed by atoms with Gasteiger partial charge in [0, 0.05) is 53.9 Å². The predicted molar refractivity (Wildman–Crippen MR) is 170 cm³/mol. The molecule has 6 atom stereocenters. The number of ketones is 1. The molecule has 2 aromatic heterocycles. The number of nitrogens with zero attached hydrogens (tertiary/aromatic N) is 3. The third kappa shape index (κ3) is 4.41. The predicted octanol–water partition coefficient (Wildman–Crippen LogP) is 5.96. The van der Waals surface area contributed by atoms with E-state index in [1.165, 1.54) is 18.4 Å². The van der Waals surface area contributed by atoms with Crippen LogP contribution in [0.4, 0.5) is 0 Å². The number of aromatic amines is 1. The quantitative estimate of drug-likeness (QED) is 0.308. The second-order valence-corrected chi connectivity index (χ2v) is 14.0. The Bertz CT molecular complexity index is 1630. The SMILES string of the molecule is O=C1CCCN2[C@@H](CC1)C[C@]13CN4CCCC/C=C\CC[C@](O)(C=C(c5nccc6c5[nH]c5c(O)cccc56)[C@@H]1CC4)[C@H]23. The van der Waals surface area contributed by atoms with E-state index in [1.807, 2.05) is 18.3 Å². The van der Waals surface area contributed by atoms with Crippen molar-refractivity contribution in [2.45, 2.75) is 88.3 Å². The van der Waals surface area contributed by atoms with Crippen LogP contribution in [-0.4, -0.2) is 79.6 Å². The number of aromatic hydroxyl groups is 1. The molecule has 3 saturated heterocycles. The minimum absolute atomic E-state index is 0.0230. The summed E-state index contributed by atoms with van der Waals surface area (Å²) in [4.78, 5) is 26.5. The minimum Gasteiger partial charge on any atom is -0.506 e. The molecule has 1 aromatic carbocycles. The van der Waals surface area contributed by atoms with Crippen LogP contribution >= 0.6 is 0 Å². The maximum atomic E-state index is 13.1. The lowest BCUT2D eigenvalue weighted by Gasteiger charge is -2.58. The third-order valence-corrected chi connectivity index (χ3v) is 11.6. The number of phenolic OH excluding ortho intramolecular Hbond substituents is 1. The number of carbonyl (C=O) groups excluding carboxylic acids is 1. The molecule has 1 spiro atoms. The van der Waals surface area contributed by atoms with E-state index in [4.69, 9.17) is 4.98 Å². The van der Waals surface area contributed by atoms with Gasteiger partial charge in [0.1, 0.15) is 11.5 Å². The first-order valence-electron chi connectivity index (χ1n) is 16.7. The smallest absolute Gasteiger partial charge is 0.139 e. The molecule has 7 heteroatoms. The number of pyridine rings is 1. The Kier molecular flexibility index (Phi) is 6.77. The molecule has 3 aromatic rings. The molecule has 3 bridgehead atoms. The minimum atomic E-state index is -1.01. The summed E-state index contributed by atoms with van der Waals surface area (Å²) >= 11 is 0. The molecule has 0 radical (unpaired) electrons. The van der Waals surface area contributed by atoms with Gasteiger partial charge >= 0.3 is 0 Å². The van der Waals surface area contributed by atoms with Crippen molar-refractivity contribution in [2.24, 2.45) is 11.3 Å². The molecule has 3 N–H and O–H groups in total. The average Bonchev–Trinajstić information content (AvgIpc) is 3.52. The molecular formula is C36H44N4O3. The van der Waals surface area contributed by atoms with Gasteiger partial charge in [0.25, 0.3) is 0 Å². The van der Waals surface area contributed by atoms with Crippen molar-refractivity contribution in [1.29, 1.82) is 0 Å². The van der Waals surface area contributed by atoms with Crippen molar-refractivity contribution in [3.63, 3.8) is 0 Å². The molecule has 5 aliphatic rings. The number of fused-ring (bicyclic) bond motifs is 5. The highest BCUT2D eigenvalue weighted by atomic mass is 16.3. The van der Waals surface area contributed by atoms with Crippen LogP contribution in [-0.2, 0) is 4.79 Å². The Balaban J connectivity index is 1.34. The lowest BCUT2D eigenvalue weighted by molar-refractivity contribution is -0.120. The van der Waals surface area contributed by atoms with Crippen LogP contribution in [0, 0.1) is 11.3 Å². The zero-order valence-corrected chi connectivity index (χ0v) is 25.1. The number of Topliss-reactive ketones (excluding diaryl/α,β-unsaturated/α-hetero) is 1. The summed E-state index contributed by atoms with van der Waals surface area (Å²) in [7, 11) is 0. The average molecular weight is 581 g/mol. The topological polar surface area (TPSA) is 92.7 Å². The zero-order valence-electron chi connectivity index (χ0n) is 25.1. The Morgan fingerprint density at radius 3 is 2.77 bits per heavy atom. The first-order valence-corrected chi connectivity index (χ1v) is 16.7. The van der Waals surface area contributed by atoms with Crippen molar-refractivity contribution >= 4 is 33.2 Å². The fourth-order valence-electron chi connectivity index (χ4n) is 9.92. The van der Waals surface area contributed by atoms with Crippen LogP contribution in [0.5, 0.6) is 5.75 Å². The van der Waals surface area contributed by atoms with Crippen molar-refractivity contribution in [1.82, 2.24) is 19.8 Å². The normalized spacial score (nSPS) is 36.1. The number of para-hydroxylation sites is 1. The van der Waals surface area contributed by atoms with Gasteiger partial charge in [-0.2, -0.15) is 0 Å². The number of rotatable bonds is 1. The van der Waals surface area contributed by atoms with E-state index in [1.54, 1.807) is 6.07 Å². The molecule has 43 heavy (non-hydrogen) atoms. The van der Waals surface area contributed by atoms with Gasteiger partial charge in [0.05, 0.1) is 22.3 Å². The van der Waals surface area contributed by atoms with E-state index in [2.05, 4.69) is 39.1 Å². The second kappa shape index (κ2) is 10.6. The lowest BCUT2D eigenvalue weighted by Crippen LogP contribution is -2.65. The summed E-state index contributed by atoms with van der Waals surface area (Å²) in [6.45, 7) is 4.02. The summed E-state index contributed by atoms with van der Waals surface area (Å²) < 4.78 is 0. The Labute approximate surface area is 253 Å². The number of aromatic nitrogens is 2. The van der Waals surface area contributed by atoms with Crippen LogP contribution in [0.15, 0.2) is 48.7 Å². The van der Waals surface area contributed by atoms with Crippen molar-refractivity contribution in [3.05, 3.63) is 54.4 Å². The molecule has 0 saturated carbocycles. The zero-order chi connectivity index (χ0) is 29.2. The second-order valence-electron chi connectivity index (χ2n) is 14.0. The van der Waals surface area contributed by atoms with Gasteiger partial charge in [-0.3, -0.25) is 14.7 Å². The van der Waals surface area contributed by atoms with Crippen LogP contribution in [0.2, 0.25) is 0 Å². The number of piperidine rings is 1. The molecule has 0 amide bonds. The van der Waals surface area contributed by atoms with Crippen molar-refractivity contribution < 1.29 is 15.0 Å². The molecule has 1 unspecified atom stereocenters. The van der Waals surface area contributed by atoms with Gasteiger partial charge in [-0.25, -0.2) is 0 Å². The molecule has 6 heterocycles. The number of hydrogen-bond donors (Lipinski definition) is 3. The Hall–Kier alpha value is -3.00. The number of allylic oxidation sites excluding steroid dienone is 3. The summed E-state index contributed by atoms with van der Waals surface area (Å²) in [6, 6.07) is 8.04. The van der Waals surface area contributed by atoms with E-state index >= 15 is 0 Å². The molecular weight excluding hydrogens is 536 g/mol. The van der Waals surface area contributed by atoms with Gasteiger partial charge in [0.2, 0.25) is 0 Å². The van der Waals surface area contributed by atoms with E-state index in [-0.39, 0.29) is 23.1 Å². The third-order valence-electron chi connectivity index (χ3n) is 11.6. The van der Waals surface area contributed by atoms with Crippen LogP contribution < -0.4 is 0 Å². The Morgan fingerprint density at radius 1 is 0.953 bits per heavy atom. The maximum Gasteiger partial charge on any atom is 0.139 e. The van der Waals surface area contributed by atoms with E-state index in [0.717, 1.165) is 92.2 Å². The van der Waals surface area contributed by atoms with Gasteiger partial charge in [-0.05, 0) is 107 Å². The molecule has 1 aliphatic carbocycles. The highest BCUT2D eigenvalue weighted by molar-refractivity contribution is 6.11. The number of benzene rings is 1. The van der Waals surface area contributed by atoms with Crippen LogP contribution in [0.3, 0.4) is 0 Å². The van der Waals surface area contributed by atoms with E-state index < -0.39 is 5.60 Å². The molecule has 4 aliphatic heterocycles. The molecule has 226 valence electrons. The molecule has 8 rings (SSSR count). The van der Waals surface area contributed by atoms with Gasteiger partial charge in [-0.1, -0.05) is 24.3 Å². The largest absolute Gasteiger partial charge is 0.506 e. The first-order chi connectivity index (χ1) is 21.0. The number of aliphatic hydroxyl groups is 1. The lowest BCUT2D eigenvalue weighted by atomic mass is 9.54. The van der Waals surface area contributed by atoms with Crippen LogP contribution in [0.1, 0.15) is 76.3 Å².